The fourth-order valence-corrected chi connectivity index (χ4v) is 2.85. The number of benzene rings is 2. The van der Waals surface area contributed by atoms with Gasteiger partial charge in [-0.3, -0.25) is 4.90 Å². The van der Waals surface area contributed by atoms with Crippen molar-refractivity contribution in [1.29, 1.82) is 0 Å². The van der Waals surface area contributed by atoms with Crippen LogP contribution in [0.5, 0.6) is 0 Å². The summed E-state index contributed by atoms with van der Waals surface area (Å²) in [5.74, 6) is -0.217. The predicted molar refractivity (Wildman–Crippen MR) is 93.0 cm³/mol. The van der Waals surface area contributed by atoms with Crippen molar-refractivity contribution in [2.45, 2.75) is 19.5 Å². The Hall–Kier alpha value is -1.97. The molecular weight excluding hydrogens is 311 g/mol. The van der Waals surface area contributed by atoms with Crippen molar-refractivity contribution in [3.63, 3.8) is 0 Å². The van der Waals surface area contributed by atoms with Crippen LogP contribution in [-0.4, -0.2) is 16.9 Å². The van der Waals surface area contributed by atoms with E-state index in [9.17, 15) is 4.39 Å². The maximum absolute atomic E-state index is 13.1. The lowest BCUT2D eigenvalue weighted by atomic mass is 10.1. The SMILES string of the molecule is C[C@H](c1ccc(F)cc1)N(C)Cc1cc2ccccc2nc1Cl. The molecule has 0 amide bonds. The molecule has 0 bridgehead atoms. The molecule has 0 radical (unpaired) electrons. The number of nitrogens with zero attached hydrogens (tertiary/aromatic N) is 2. The average molecular weight is 329 g/mol. The molecule has 2 aromatic carbocycles. The van der Waals surface area contributed by atoms with Crippen LogP contribution in [0, 0.1) is 5.82 Å². The third-order valence-electron chi connectivity index (χ3n) is 4.18. The summed E-state index contributed by atoms with van der Waals surface area (Å²) in [5.41, 5.74) is 2.95. The van der Waals surface area contributed by atoms with Gasteiger partial charge in [0.15, 0.2) is 0 Å². The lowest BCUT2D eigenvalue weighted by Crippen LogP contribution is -2.22. The Labute approximate surface area is 140 Å². The van der Waals surface area contributed by atoms with Crippen molar-refractivity contribution in [3.05, 3.63) is 76.7 Å². The first-order valence-corrected chi connectivity index (χ1v) is 7.92. The maximum Gasteiger partial charge on any atom is 0.134 e. The minimum atomic E-state index is -0.217. The van der Waals surface area contributed by atoms with Crippen molar-refractivity contribution in [1.82, 2.24) is 9.88 Å². The standard InChI is InChI=1S/C19H18ClFN2/c1-13(14-7-9-17(21)10-8-14)23(2)12-16-11-15-5-3-4-6-18(15)22-19(16)20/h3-11,13H,12H2,1-2H3/t13-/m1/s1. The molecular formula is C19H18ClFN2. The molecule has 0 fully saturated rings. The van der Waals surface area contributed by atoms with E-state index in [1.807, 2.05) is 43.4 Å². The van der Waals surface area contributed by atoms with E-state index in [0.717, 1.165) is 22.0 Å². The number of aromatic nitrogens is 1. The highest BCUT2D eigenvalue weighted by Crippen LogP contribution is 2.25. The average Bonchev–Trinajstić information content (AvgIpc) is 2.55. The Morgan fingerprint density at radius 1 is 1.13 bits per heavy atom. The fraction of sp³-hybridized carbons (Fsp3) is 0.211. The van der Waals surface area contributed by atoms with E-state index in [2.05, 4.69) is 22.9 Å². The van der Waals surface area contributed by atoms with Crippen molar-refractivity contribution in [2.24, 2.45) is 0 Å². The summed E-state index contributed by atoms with van der Waals surface area (Å²) in [6, 6.07) is 16.8. The molecule has 4 heteroatoms. The highest BCUT2D eigenvalue weighted by atomic mass is 35.5. The molecule has 1 heterocycles. The van der Waals surface area contributed by atoms with Gasteiger partial charge in [0.1, 0.15) is 11.0 Å². The number of hydrogen-bond donors (Lipinski definition) is 0. The van der Waals surface area contributed by atoms with Gasteiger partial charge in [-0.1, -0.05) is 41.9 Å². The van der Waals surface area contributed by atoms with Gasteiger partial charge >= 0.3 is 0 Å². The number of halogens is 2. The lowest BCUT2D eigenvalue weighted by molar-refractivity contribution is 0.253. The van der Waals surface area contributed by atoms with Crippen LogP contribution < -0.4 is 0 Å². The Kier molecular flexibility index (Phi) is 4.60. The van der Waals surface area contributed by atoms with Crippen molar-refractivity contribution in [2.75, 3.05) is 7.05 Å². The fourth-order valence-electron chi connectivity index (χ4n) is 2.65. The van der Waals surface area contributed by atoms with Crippen LogP contribution in [0.4, 0.5) is 4.39 Å². The van der Waals surface area contributed by atoms with Gasteiger partial charge in [-0.05, 0) is 43.8 Å². The minimum absolute atomic E-state index is 0.151. The van der Waals surface area contributed by atoms with Gasteiger partial charge in [-0.25, -0.2) is 9.37 Å². The van der Waals surface area contributed by atoms with E-state index in [4.69, 9.17) is 11.6 Å². The second-order valence-electron chi connectivity index (χ2n) is 5.77. The summed E-state index contributed by atoms with van der Waals surface area (Å²) >= 11 is 6.33. The molecule has 118 valence electrons. The summed E-state index contributed by atoms with van der Waals surface area (Å²) in [6.45, 7) is 2.77. The Morgan fingerprint density at radius 2 is 1.83 bits per heavy atom. The van der Waals surface area contributed by atoms with Crippen molar-refractivity contribution >= 4 is 22.5 Å². The zero-order valence-electron chi connectivity index (χ0n) is 13.1. The van der Waals surface area contributed by atoms with E-state index in [-0.39, 0.29) is 11.9 Å². The number of pyridine rings is 1. The number of fused-ring (bicyclic) bond motifs is 1. The zero-order valence-corrected chi connectivity index (χ0v) is 13.9. The monoisotopic (exact) mass is 328 g/mol. The summed E-state index contributed by atoms with van der Waals surface area (Å²) in [4.78, 5) is 6.63. The van der Waals surface area contributed by atoms with E-state index in [1.54, 1.807) is 0 Å². The van der Waals surface area contributed by atoms with Gasteiger partial charge in [0.05, 0.1) is 5.52 Å². The highest BCUT2D eigenvalue weighted by molar-refractivity contribution is 6.30. The minimum Gasteiger partial charge on any atom is -0.295 e. The maximum atomic E-state index is 13.1. The predicted octanol–water partition coefficient (Wildman–Crippen LogP) is 5.22. The second kappa shape index (κ2) is 6.65. The molecule has 0 saturated heterocycles. The first kappa shape index (κ1) is 15.9. The van der Waals surface area contributed by atoms with Crippen LogP contribution in [0.3, 0.4) is 0 Å². The molecule has 23 heavy (non-hydrogen) atoms. The first-order valence-electron chi connectivity index (χ1n) is 7.54. The van der Waals surface area contributed by atoms with Crippen molar-refractivity contribution < 1.29 is 4.39 Å². The lowest BCUT2D eigenvalue weighted by Gasteiger charge is -2.25. The molecule has 0 aliphatic heterocycles. The third-order valence-corrected chi connectivity index (χ3v) is 4.51. The molecule has 3 aromatic rings. The molecule has 3 rings (SSSR count). The van der Waals surface area contributed by atoms with Gasteiger partial charge < -0.3 is 0 Å². The van der Waals surface area contributed by atoms with Gasteiger partial charge in [0.25, 0.3) is 0 Å². The van der Waals surface area contributed by atoms with Crippen molar-refractivity contribution in [3.8, 4) is 0 Å². The second-order valence-corrected chi connectivity index (χ2v) is 6.13. The molecule has 0 N–H and O–H groups in total. The van der Waals surface area contributed by atoms with Crippen LogP contribution in [-0.2, 0) is 6.54 Å². The number of hydrogen-bond acceptors (Lipinski definition) is 2. The van der Waals surface area contributed by atoms with Crippen LogP contribution in [0.25, 0.3) is 10.9 Å². The summed E-state index contributed by atoms with van der Waals surface area (Å²) in [7, 11) is 2.03. The first-order chi connectivity index (χ1) is 11.0. The van der Waals surface area contributed by atoms with Crippen LogP contribution in [0.15, 0.2) is 54.6 Å². The molecule has 1 aromatic heterocycles. The molecule has 2 nitrogen and oxygen atoms in total. The summed E-state index contributed by atoms with van der Waals surface area (Å²) in [6.07, 6.45) is 0. The molecule has 0 spiro atoms. The van der Waals surface area contributed by atoms with Crippen LogP contribution in [0.1, 0.15) is 24.1 Å². The van der Waals surface area contributed by atoms with Crippen LogP contribution in [0.2, 0.25) is 5.15 Å². The van der Waals surface area contributed by atoms with E-state index in [1.165, 1.54) is 12.1 Å². The Bertz CT molecular complexity index is 817. The Balaban J connectivity index is 1.83. The molecule has 1 atom stereocenters. The van der Waals surface area contributed by atoms with Gasteiger partial charge in [-0.2, -0.15) is 0 Å². The van der Waals surface area contributed by atoms with Gasteiger partial charge in [-0.15, -0.1) is 0 Å². The summed E-state index contributed by atoms with van der Waals surface area (Å²) in [5, 5.41) is 1.61. The third kappa shape index (κ3) is 3.52. The smallest absolute Gasteiger partial charge is 0.134 e. The largest absolute Gasteiger partial charge is 0.295 e. The topological polar surface area (TPSA) is 16.1 Å². The number of rotatable bonds is 4. The van der Waals surface area contributed by atoms with Gasteiger partial charge in [0.2, 0.25) is 0 Å². The zero-order chi connectivity index (χ0) is 16.4. The molecule has 0 aliphatic rings. The summed E-state index contributed by atoms with van der Waals surface area (Å²) < 4.78 is 13.1. The number of para-hydroxylation sites is 1. The van der Waals surface area contributed by atoms with E-state index in [0.29, 0.717) is 11.7 Å². The van der Waals surface area contributed by atoms with Gasteiger partial charge in [0, 0.05) is 23.5 Å². The normalized spacial score (nSPS) is 12.7. The highest BCUT2D eigenvalue weighted by Gasteiger charge is 2.14. The van der Waals surface area contributed by atoms with E-state index < -0.39 is 0 Å². The molecule has 0 unspecified atom stereocenters. The molecule has 0 aliphatic carbocycles. The van der Waals surface area contributed by atoms with Crippen LogP contribution >= 0.6 is 11.6 Å². The molecule has 0 saturated carbocycles. The quantitative estimate of drug-likeness (QED) is 0.610. The Morgan fingerprint density at radius 3 is 2.57 bits per heavy atom. The van der Waals surface area contributed by atoms with E-state index >= 15 is 0 Å².